The van der Waals surface area contributed by atoms with Crippen molar-refractivity contribution >= 4 is 34.8 Å². The maximum Gasteiger partial charge on any atom is 0.228 e. The van der Waals surface area contributed by atoms with E-state index in [1.165, 1.54) is 0 Å². The first-order valence-electron chi connectivity index (χ1n) is 8.15. The Morgan fingerprint density at radius 3 is 2.75 bits per heavy atom. The highest BCUT2D eigenvalue weighted by atomic mass is 35.5. The van der Waals surface area contributed by atoms with Gasteiger partial charge in [0.25, 0.3) is 0 Å². The maximum atomic E-state index is 12.6. The van der Waals surface area contributed by atoms with E-state index >= 15 is 0 Å². The number of rotatable bonds is 6. The molecule has 0 radical (unpaired) electrons. The molecule has 2 atom stereocenters. The maximum absolute atomic E-state index is 12.6. The molecule has 2 unspecified atom stereocenters. The van der Waals surface area contributed by atoms with Crippen LogP contribution in [0.15, 0.2) is 42.5 Å². The van der Waals surface area contributed by atoms with Crippen molar-refractivity contribution in [3.05, 3.63) is 63.6 Å². The van der Waals surface area contributed by atoms with Gasteiger partial charge in [-0.05, 0) is 42.1 Å². The Morgan fingerprint density at radius 2 is 1.96 bits per heavy atom. The minimum Gasteiger partial charge on any atom is -0.326 e. The molecule has 5 heteroatoms. The van der Waals surface area contributed by atoms with Crippen molar-refractivity contribution in [2.24, 2.45) is 5.92 Å². The van der Waals surface area contributed by atoms with E-state index in [0.717, 1.165) is 36.3 Å². The molecule has 2 N–H and O–H groups in total. The van der Waals surface area contributed by atoms with Crippen LogP contribution in [0.25, 0.3) is 0 Å². The zero-order chi connectivity index (χ0) is 17.1. The summed E-state index contributed by atoms with van der Waals surface area (Å²) >= 11 is 12.3. The number of halogens is 2. The lowest BCUT2D eigenvalue weighted by molar-refractivity contribution is -0.117. The van der Waals surface area contributed by atoms with Gasteiger partial charge in [0.2, 0.25) is 5.91 Å². The number of amides is 1. The predicted molar refractivity (Wildman–Crippen MR) is 99.8 cm³/mol. The Labute approximate surface area is 152 Å². The van der Waals surface area contributed by atoms with Gasteiger partial charge in [-0.25, -0.2) is 0 Å². The van der Waals surface area contributed by atoms with E-state index in [1.807, 2.05) is 36.4 Å². The van der Waals surface area contributed by atoms with Crippen LogP contribution >= 0.6 is 23.2 Å². The first kappa shape index (κ1) is 17.3. The van der Waals surface area contributed by atoms with Crippen LogP contribution in [-0.2, 0) is 11.3 Å². The molecule has 1 fully saturated rings. The molecule has 0 bridgehead atoms. The van der Waals surface area contributed by atoms with E-state index < -0.39 is 0 Å². The smallest absolute Gasteiger partial charge is 0.228 e. The zero-order valence-corrected chi connectivity index (χ0v) is 15.0. The lowest BCUT2D eigenvalue weighted by Gasteiger charge is -2.11. The number of nitrogens with one attached hydrogen (secondary N) is 2. The SMILES string of the molecule is CCNCc1ccccc1NC(=O)C1CC1c1cccc(Cl)c1Cl. The van der Waals surface area contributed by atoms with Crippen molar-refractivity contribution in [3.63, 3.8) is 0 Å². The van der Waals surface area contributed by atoms with Gasteiger partial charge in [0.05, 0.1) is 10.0 Å². The van der Waals surface area contributed by atoms with E-state index in [1.54, 1.807) is 6.07 Å². The average molecular weight is 363 g/mol. The summed E-state index contributed by atoms with van der Waals surface area (Å²) in [7, 11) is 0. The van der Waals surface area contributed by atoms with E-state index in [0.29, 0.717) is 10.0 Å². The summed E-state index contributed by atoms with van der Waals surface area (Å²) in [6, 6.07) is 13.5. The topological polar surface area (TPSA) is 41.1 Å². The van der Waals surface area contributed by atoms with Crippen LogP contribution in [0, 0.1) is 5.92 Å². The van der Waals surface area contributed by atoms with E-state index in [2.05, 4.69) is 17.6 Å². The number of carbonyl (C=O) groups excluding carboxylic acids is 1. The standard InChI is InChI=1S/C19H20Cl2N2O/c1-2-22-11-12-6-3-4-9-17(12)23-19(24)15-10-14(15)13-7-5-8-16(20)18(13)21/h3-9,14-15,22H,2,10-11H2,1H3,(H,23,24). The quantitative estimate of drug-likeness (QED) is 0.771. The molecule has 1 aliphatic carbocycles. The van der Waals surface area contributed by atoms with Crippen molar-refractivity contribution in [1.29, 1.82) is 0 Å². The fraction of sp³-hybridized carbons (Fsp3) is 0.316. The molecule has 0 heterocycles. The summed E-state index contributed by atoms with van der Waals surface area (Å²) in [5.74, 6) is 0.144. The van der Waals surface area contributed by atoms with Crippen LogP contribution in [0.1, 0.15) is 30.4 Å². The van der Waals surface area contributed by atoms with Crippen LogP contribution in [0.4, 0.5) is 5.69 Å². The fourth-order valence-electron chi connectivity index (χ4n) is 2.92. The fourth-order valence-corrected chi connectivity index (χ4v) is 3.36. The molecular formula is C19H20Cl2N2O. The first-order chi connectivity index (χ1) is 11.6. The molecule has 0 spiro atoms. The van der Waals surface area contributed by atoms with Gasteiger partial charge in [0.15, 0.2) is 0 Å². The van der Waals surface area contributed by atoms with Gasteiger partial charge >= 0.3 is 0 Å². The third kappa shape index (κ3) is 3.75. The predicted octanol–water partition coefficient (Wildman–Crippen LogP) is 4.85. The molecular weight excluding hydrogens is 343 g/mol. The Morgan fingerprint density at radius 1 is 1.17 bits per heavy atom. The summed E-state index contributed by atoms with van der Waals surface area (Å²) in [6.07, 6.45) is 0.807. The van der Waals surface area contributed by atoms with E-state index in [9.17, 15) is 4.79 Å². The molecule has 24 heavy (non-hydrogen) atoms. The van der Waals surface area contributed by atoms with Crippen LogP contribution in [0.3, 0.4) is 0 Å². The highest BCUT2D eigenvalue weighted by molar-refractivity contribution is 6.42. The molecule has 1 aliphatic rings. The van der Waals surface area contributed by atoms with Crippen LogP contribution in [0.5, 0.6) is 0 Å². The summed E-state index contributed by atoms with van der Waals surface area (Å²) in [4.78, 5) is 12.6. The van der Waals surface area contributed by atoms with Gasteiger partial charge in [-0.15, -0.1) is 0 Å². The van der Waals surface area contributed by atoms with E-state index in [-0.39, 0.29) is 17.7 Å². The second-order valence-electron chi connectivity index (χ2n) is 6.02. The normalized spacial score (nSPS) is 19.1. The largest absolute Gasteiger partial charge is 0.326 e. The third-order valence-corrected chi connectivity index (χ3v) is 5.18. The minimum absolute atomic E-state index is 0.0417. The third-order valence-electron chi connectivity index (χ3n) is 4.35. The summed E-state index contributed by atoms with van der Waals surface area (Å²) in [5.41, 5.74) is 2.92. The molecule has 0 aromatic heterocycles. The molecule has 1 amide bonds. The van der Waals surface area contributed by atoms with Crippen molar-refractivity contribution in [3.8, 4) is 0 Å². The molecule has 0 saturated heterocycles. The minimum atomic E-state index is -0.0480. The molecule has 1 saturated carbocycles. The Hall–Kier alpha value is -1.55. The number of benzene rings is 2. The molecule has 126 valence electrons. The van der Waals surface area contributed by atoms with Gasteiger partial charge < -0.3 is 10.6 Å². The average Bonchev–Trinajstić information content (AvgIpc) is 3.37. The lowest BCUT2D eigenvalue weighted by Crippen LogP contribution is -2.18. The lowest BCUT2D eigenvalue weighted by atomic mass is 10.1. The Balaban J connectivity index is 1.68. The zero-order valence-electron chi connectivity index (χ0n) is 13.5. The Bertz CT molecular complexity index is 748. The highest BCUT2D eigenvalue weighted by Crippen LogP contribution is 2.51. The molecule has 3 nitrogen and oxygen atoms in total. The van der Waals surface area contributed by atoms with Crippen molar-refractivity contribution in [2.75, 3.05) is 11.9 Å². The highest BCUT2D eigenvalue weighted by Gasteiger charge is 2.45. The van der Waals surface area contributed by atoms with Gasteiger partial charge in [0, 0.05) is 18.2 Å². The van der Waals surface area contributed by atoms with Crippen molar-refractivity contribution in [2.45, 2.75) is 25.8 Å². The number of para-hydroxylation sites is 1. The monoisotopic (exact) mass is 362 g/mol. The molecule has 3 rings (SSSR count). The van der Waals surface area contributed by atoms with Gasteiger partial charge in [0.1, 0.15) is 0 Å². The number of carbonyl (C=O) groups is 1. The first-order valence-corrected chi connectivity index (χ1v) is 8.90. The van der Waals surface area contributed by atoms with Gasteiger partial charge in [-0.2, -0.15) is 0 Å². The number of anilines is 1. The Kier molecular flexibility index (Phi) is 5.44. The van der Waals surface area contributed by atoms with Gasteiger partial charge in [-0.3, -0.25) is 4.79 Å². The summed E-state index contributed by atoms with van der Waals surface area (Å²) in [6.45, 7) is 3.69. The second kappa shape index (κ2) is 7.56. The molecule has 2 aromatic carbocycles. The van der Waals surface area contributed by atoms with E-state index in [4.69, 9.17) is 23.2 Å². The van der Waals surface area contributed by atoms with Crippen molar-refractivity contribution < 1.29 is 4.79 Å². The van der Waals surface area contributed by atoms with Crippen LogP contribution in [0.2, 0.25) is 10.0 Å². The van der Waals surface area contributed by atoms with Gasteiger partial charge in [-0.1, -0.05) is 60.5 Å². The molecule has 2 aromatic rings. The van der Waals surface area contributed by atoms with Crippen LogP contribution < -0.4 is 10.6 Å². The number of hydrogen-bond acceptors (Lipinski definition) is 2. The van der Waals surface area contributed by atoms with Crippen molar-refractivity contribution in [1.82, 2.24) is 5.32 Å². The number of hydrogen-bond donors (Lipinski definition) is 2. The summed E-state index contributed by atoms with van der Waals surface area (Å²) in [5, 5.41) is 7.45. The second-order valence-corrected chi connectivity index (χ2v) is 6.80. The van der Waals surface area contributed by atoms with Crippen LogP contribution in [-0.4, -0.2) is 12.5 Å². The summed E-state index contributed by atoms with van der Waals surface area (Å²) < 4.78 is 0. The molecule has 0 aliphatic heterocycles.